The third kappa shape index (κ3) is 34.8. The van der Waals surface area contributed by atoms with Crippen molar-refractivity contribution in [2.75, 3.05) is 41.0 Å². The fraction of sp³-hybridized carbons (Fsp3) is 0.717. The van der Waals surface area contributed by atoms with Crippen LogP contribution in [0.1, 0.15) is 162 Å². The van der Waals surface area contributed by atoms with Gasteiger partial charge in [0.1, 0.15) is 12.6 Å². The minimum absolute atomic E-state index is 0.0215. The van der Waals surface area contributed by atoms with Crippen molar-refractivity contribution in [3.05, 3.63) is 60.8 Å². The molecular weight excluding hydrogens is 679 g/mol. The van der Waals surface area contributed by atoms with Crippen LogP contribution in [0.3, 0.4) is 0 Å². The minimum Gasteiger partial charge on any atom is -0.544 e. The highest BCUT2D eigenvalue weighted by atomic mass is 16.6. The number of carboxylic acids is 1. The number of esters is 2. The largest absolute Gasteiger partial charge is 0.544 e. The number of carboxylic acid groups (broad SMARTS) is 1. The number of ether oxygens (including phenoxy) is 3. The summed E-state index contributed by atoms with van der Waals surface area (Å²) < 4.78 is 17.0. The normalized spacial score (nSPS) is 13.6. The third-order valence-corrected chi connectivity index (χ3v) is 9.15. The Balaban J connectivity index is 4.23. The molecule has 0 aliphatic carbocycles. The molecule has 0 spiro atoms. The maximum absolute atomic E-state index is 12.6. The van der Waals surface area contributed by atoms with E-state index in [9.17, 15) is 19.5 Å². The van der Waals surface area contributed by atoms with Crippen molar-refractivity contribution in [3.8, 4) is 0 Å². The summed E-state index contributed by atoms with van der Waals surface area (Å²) in [6.07, 6.45) is 44.2. The van der Waals surface area contributed by atoms with E-state index in [2.05, 4.69) is 68.5 Å². The number of aliphatic carboxylic acids is 1. The van der Waals surface area contributed by atoms with E-state index in [0.717, 1.165) is 64.2 Å². The second-order valence-electron chi connectivity index (χ2n) is 15.2. The first kappa shape index (κ1) is 51.0. The molecular formula is C46H79NO7. The molecule has 0 N–H and O–H groups in total. The fourth-order valence-corrected chi connectivity index (χ4v) is 5.84. The predicted octanol–water partition coefficient (Wildman–Crippen LogP) is 10.1. The van der Waals surface area contributed by atoms with Gasteiger partial charge in [0.25, 0.3) is 0 Å². The van der Waals surface area contributed by atoms with Gasteiger partial charge in [-0.1, -0.05) is 139 Å². The second kappa shape index (κ2) is 37.0. The standard InChI is InChI=1S/C46H79NO7/c1-6-8-10-12-14-16-17-18-19-20-21-22-23-24-25-26-27-28-29-31-32-34-36-44(48)53-41-42(40-52-39-38-43(46(50)51)47(3,4)5)54-45(49)37-35-33-30-15-13-11-9-7-2/h8,10,14,16,18-19,21-22,30,33,42-43H,6-7,9,11-13,15,17,20,23-29,31-32,34-41H2,1-5H3/b10-8+,16-14+,19-18+,22-21+,33-30+. The summed E-state index contributed by atoms with van der Waals surface area (Å²) in [7, 11) is 5.38. The van der Waals surface area contributed by atoms with Crippen LogP contribution in [0.25, 0.3) is 0 Å². The number of nitrogens with zero attached hydrogens (tertiary/aromatic N) is 1. The SMILES string of the molecule is CC/C=C/C/C=C/C/C=C/C/C=C/CCCCCCCCCCCC(=O)OCC(COCCC(C(=O)[O-])[N+](C)(C)C)OC(=O)CC/C=C/CCCCCC. The van der Waals surface area contributed by atoms with Crippen LogP contribution < -0.4 is 5.11 Å². The number of hydrogen-bond acceptors (Lipinski definition) is 7. The molecule has 0 heterocycles. The molecule has 0 saturated carbocycles. The van der Waals surface area contributed by atoms with E-state index in [4.69, 9.17) is 14.2 Å². The monoisotopic (exact) mass is 758 g/mol. The summed E-state index contributed by atoms with van der Waals surface area (Å²) in [5.41, 5.74) is 0. The van der Waals surface area contributed by atoms with Crippen LogP contribution in [0.15, 0.2) is 60.8 Å². The molecule has 0 rings (SSSR count). The lowest BCUT2D eigenvalue weighted by Gasteiger charge is -2.34. The Kier molecular flexibility index (Phi) is 34.9. The molecule has 0 aromatic rings. The molecule has 2 unspecified atom stereocenters. The Morgan fingerprint density at radius 1 is 0.574 bits per heavy atom. The summed E-state index contributed by atoms with van der Waals surface area (Å²) in [5.74, 6) is -1.82. The van der Waals surface area contributed by atoms with Gasteiger partial charge >= 0.3 is 11.9 Å². The molecule has 0 fully saturated rings. The van der Waals surface area contributed by atoms with E-state index < -0.39 is 18.1 Å². The maximum Gasteiger partial charge on any atom is 0.306 e. The van der Waals surface area contributed by atoms with E-state index in [1.54, 1.807) is 21.1 Å². The first-order chi connectivity index (χ1) is 26.1. The van der Waals surface area contributed by atoms with Crippen LogP contribution in [-0.4, -0.2) is 75.5 Å². The molecule has 0 aliphatic rings. The molecule has 0 aromatic heterocycles. The van der Waals surface area contributed by atoms with Crippen molar-refractivity contribution in [2.45, 2.75) is 174 Å². The van der Waals surface area contributed by atoms with Gasteiger partial charge in [-0.15, -0.1) is 0 Å². The number of rotatable bonds is 37. The molecule has 54 heavy (non-hydrogen) atoms. The lowest BCUT2D eigenvalue weighted by atomic mass is 10.1. The summed E-state index contributed by atoms with van der Waals surface area (Å²) in [6.45, 7) is 4.44. The van der Waals surface area contributed by atoms with Gasteiger partial charge in [-0.25, -0.2) is 0 Å². The topological polar surface area (TPSA) is 102 Å². The third-order valence-electron chi connectivity index (χ3n) is 9.15. The average molecular weight is 758 g/mol. The summed E-state index contributed by atoms with van der Waals surface area (Å²) in [5, 5.41) is 11.6. The van der Waals surface area contributed by atoms with Crippen LogP contribution in [0.2, 0.25) is 0 Å². The number of hydrogen-bond donors (Lipinski definition) is 0. The molecule has 0 radical (unpaired) electrons. The highest BCUT2D eigenvalue weighted by Gasteiger charge is 2.25. The number of unbranched alkanes of at least 4 members (excludes halogenated alkanes) is 13. The van der Waals surface area contributed by atoms with Crippen LogP contribution in [0, 0.1) is 0 Å². The zero-order valence-electron chi connectivity index (χ0n) is 35.1. The van der Waals surface area contributed by atoms with Gasteiger partial charge in [-0.05, 0) is 64.2 Å². The summed E-state index contributed by atoms with van der Waals surface area (Å²) >= 11 is 0. The Morgan fingerprint density at radius 3 is 1.63 bits per heavy atom. The van der Waals surface area contributed by atoms with E-state index in [1.165, 1.54) is 57.8 Å². The quantitative estimate of drug-likeness (QED) is 0.0269. The van der Waals surface area contributed by atoms with Gasteiger partial charge in [0, 0.05) is 19.3 Å². The van der Waals surface area contributed by atoms with Crippen LogP contribution in [0.5, 0.6) is 0 Å². The Bertz CT molecular complexity index is 1070. The van der Waals surface area contributed by atoms with Crippen molar-refractivity contribution >= 4 is 17.9 Å². The highest BCUT2D eigenvalue weighted by molar-refractivity contribution is 5.70. The van der Waals surface area contributed by atoms with Gasteiger partial charge in [0.2, 0.25) is 0 Å². The number of carbonyl (C=O) groups excluding carboxylic acids is 3. The lowest BCUT2D eigenvalue weighted by Crippen LogP contribution is -2.55. The van der Waals surface area contributed by atoms with Gasteiger partial charge < -0.3 is 28.6 Å². The Morgan fingerprint density at radius 2 is 1.07 bits per heavy atom. The fourth-order valence-electron chi connectivity index (χ4n) is 5.84. The van der Waals surface area contributed by atoms with Gasteiger partial charge in [-0.3, -0.25) is 9.59 Å². The van der Waals surface area contributed by atoms with Crippen molar-refractivity contribution in [1.82, 2.24) is 0 Å². The van der Waals surface area contributed by atoms with Crippen LogP contribution in [0.4, 0.5) is 0 Å². The lowest BCUT2D eigenvalue weighted by molar-refractivity contribution is -0.889. The Labute approximate surface area is 330 Å². The molecule has 8 nitrogen and oxygen atoms in total. The van der Waals surface area contributed by atoms with E-state index >= 15 is 0 Å². The summed E-state index contributed by atoms with van der Waals surface area (Å²) in [6, 6.07) is -0.732. The van der Waals surface area contributed by atoms with Crippen LogP contribution in [-0.2, 0) is 28.6 Å². The van der Waals surface area contributed by atoms with Gasteiger partial charge in [0.15, 0.2) is 6.10 Å². The highest BCUT2D eigenvalue weighted by Crippen LogP contribution is 2.13. The summed E-state index contributed by atoms with van der Waals surface area (Å²) in [4.78, 5) is 36.6. The molecule has 0 aromatic carbocycles. The Hall–Kier alpha value is -2.97. The van der Waals surface area contributed by atoms with E-state index in [0.29, 0.717) is 12.8 Å². The molecule has 0 bridgehead atoms. The van der Waals surface area contributed by atoms with E-state index in [1.807, 2.05) is 6.08 Å². The number of carbonyl (C=O) groups is 3. The maximum atomic E-state index is 12.6. The number of likely N-dealkylation sites (N-methyl/N-ethyl adjacent to an activating group) is 1. The van der Waals surface area contributed by atoms with Crippen molar-refractivity contribution in [3.63, 3.8) is 0 Å². The van der Waals surface area contributed by atoms with E-state index in [-0.39, 0.29) is 49.1 Å². The minimum atomic E-state index is -1.13. The molecule has 0 aliphatic heterocycles. The molecule has 0 saturated heterocycles. The smallest absolute Gasteiger partial charge is 0.306 e. The second-order valence-corrected chi connectivity index (χ2v) is 15.2. The van der Waals surface area contributed by atoms with Crippen molar-refractivity contribution in [2.24, 2.45) is 0 Å². The zero-order valence-corrected chi connectivity index (χ0v) is 35.1. The first-order valence-corrected chi connectivity index (χ1v) is 21.3. The van der Waals surface area contributed by atoms with Crippen LogP contribution >= 0.6 is 0 Å². The van der Waals surface area contributed by atoms with Crippen molar-refractivity contribution < 1.29 is 38.2 Å². The van der Waals surface area contributed by atoms with Crippen molar-refractivity contribution in [1.29, 1.82) is 0 Å². The van der Waals surface area contributed by atoms with Gasteiger partial charge in [0.05, 0.1) is 40.3 Å². The number of allylic oxidation sites excluding steroid dienone is 10. The predicted molar refractivity (Wildman–Crippen MR) is 222 cm³/mol. The zero-order chi connectivity index (χ0) is 40.0. The average Bonchev–Trinajstić information content (AvgIpc) is 3.12. The molecule has 2 atom stereocenters. The molecule has 8 heteroatoms. The molecule has 310 valence electrons. The molecule has 0 amide bonds. The first-order valence-electron chi connectivity index (χ1n) is 21.3. The van der Waals surface area contributed by atoms with Gasteiger partial charge in [-0.2, -0.15) is 0 Å². The number of quaternary nitrogens is 1.